The van der Waals surface area contributed by atoms with Crippen LogP contribution in [0.15, 0.2) is 0 Å². The van der Waals surface area contributed by atoms with Crippen LogP contribution in [0, 0.1) is 13.8 Å². The van der Waals surface area contributed by atoms with Gasteiger partial charge in [0.15, 0.2) is 0 Å². The largest absolute Gasteiger partial charge is 0.462 e. The number of esters is 1. The fraction of sp³-hybridized carbons (Fsp3) is 0.700. The van der Waals surface area contributed by atoms with Crippen molar-refractivity contribution >= 4 is 40.0 Å². The second kappa shape index (κ2) is 10.1. The van der Waals surface area contributed by atoms with E-state index in [0.717, 1.165) is 54.4 Å². The molecule has 2 atom stereocenters. The van der Waals surface area contributed by atoms with Crippen molar-refractivity contribution in [3.05, 3.63) is 16.0 Å². The minimum Gasteiger partial charge on any atom is -0.462 e. The van der Waals surface area contributed by atoms with Gasteiger partial charge in [-0.2, -0.15) is 11.8 Å². The van der Waals surface area contributed by atoms with E-state index >= 15 is 0 Å². The number of aryl methyl sites for hydroxylation is 1. The second-order valence-electron chi connectivity index (χ2n) is 7.34. The molecule has 0 bridgehead atoms. The topological polar surface area (TPSA) is 67.9 Å². The van der Waals surface area contributed by atoms with E-state index in [9.17, 15) is 9.59 Å². The van der Waals surface area contributed by atoms with Crippen LogP contribution in [0.2, 0.25) is 0 Å². The van der Waals surface area contributed by atoms with Gasteiger partial charge in [-0.1, -0.05) is 0 Å². The zero-order chi connectivity index (χ0) is 20.1. The molecule has 1 aromatic heterocycles. The fourth-order valence-corrected chi connectivity index (χ4v) is 6.04. The Morgan fingerprint density at radius 3 is 2.79 bits per heavy atom. The molecule has 2 saturated heterocycles. The number of anilines is 1. The van der Waals surface area contributed by atoms with Gasteiger partial charge in [0.05, 0.1) is 24.8 Å². The predicted octanol–water partition coefficient (Wildman–Crippen LogP) is 3.47. The van der Waals surface area contributed by atoms with Crippen LogP contribution in [0.1, 0.15) is 47.0 Å². The number of nitrogens with one attached hydrogen (secondary N) is 1. The summed E-state index contributed by atoms with van der Waals surface area (Å²) in [4.78, 5) is 28.5. The van der Waals surface area contributed by atoms with Crippen LogP contribution < -0.4 is 5.32 Å². The lowest BCUT2D eigenvalue weighted by molar-refractivity contribution is -0.118. The van der Waals surface area contributed by atoms with E-state index in [1.807, 2.05) is 25.6 Å². The minimum atomic E-state index is -0.372. The Labute approximate surface area is 175 Å². The Morgan fingerprint density at radius 1 is 1.32 bits per heavy atom. The third kappa shape index (κ3) is 5.28. The summed E-state index contributed by atoms with van der Waals surface area (Å²) in [6, 6.07) is 0.413. The molecule has 2 fully saturated rings. The highest BCUT2D eigenvalue weighted by atomic mass is 32.2. The molecule has 0 aromatic carbocycles. The van der Waals surface area contributed by atoms with Crippen molar-refractivity contribution in [2.75, 3.05) is 43.1 Å². The third-order valence-electron chi connectivity index (χ3n) is 5.35. The lowest BCUT2D eigenvalue weighted by Gasteiger charge is -2.29. The molecule has 1 aromatic rings. The van der Waals surface area contributed by atoms with Gasteiger partial charge in [-0.15, -0.1) is 11.3 Å². The molecular formula is C20H30N2O4S2. The number of hydrogen-bond donors (Lipinski definition) is 1. The van der Waals surface area contributed by atoms with E-state index in [1.165, 1.54) is 11.3 Å². The van der Waals surface area contributed by atoms with E-state index in [4.69, 9.17) is 9.47 Å². The molecule has 2 aliphatic heterocycles. The molecule has 3 heterocycles. The Morgan fingerprint density at radius 2 is 2.14 bits per heavy atom. The maximum absolute atomic E-state index is 12.9. The Hall–Kier alpha value is -1.09. The van der Waals surface area contributed by atoms with Crippen molar-refractivity contribution in [2.24, 2.45) is 0 Å². The molecule has 0 saturated carbocycles. The zero-order valence-electron chi connectivity index (χ0n) is 16.9. The number of nitrogens with zero attached hydrogens (tertiary/aromatic N) is 1. The Balaban J connectivity index is 1.68. The standard InChI is InChI=1S/C20H30N2O4S2/c1-4-25-20(24)18-13(2)14(3)28-19(18)21-17(23)11-22(15-7-9-27-12-15)10-16-6-5-8-26-16/h15-16H,4-12H2,1-3H3,(H,21,23)/t15-,16-/m1/s1. The number of thioether (sulfide) groups is 1. The summed E-state index contributed by atoms with van der Waals surface area (Å²) in [6.45, 7) is 7.89. The summed E-state index contributed by atoms with van der Waals surface area (Å²) in [5.74, 6) is 1.75. The lowest BCUT2D eigenvalue weighted by atomic mass is 10.1. The van der Waals surface area contributed by atoms with Gasteiger partial charge in [-0.25, -0.2) is 4.79 Å². The number of carbonyl (C=O) groups is 2. The summed E-state index contributed by atoms with van der Waals surface area (Å²) in [5.41, 5.74) is 1.36. The maximum atomic E-state index is 12.9. The molecule has 0 aliphatic carbocycles. The molecule has 1 amide bonds. The average molecular weight is 427 g/mol. The van der Waals surface area contributed by atoms with Gasteiger partial charge in [-0.05, 0) is 51.3 Å². The quantitative estimate of drug-likeness (QED) is 0.642. The molecule has 0 unspecified atom stereocenters. The predicted molar refractivity (Wildman–Crippen MR) is 115 cm³/mol. The van der Waals surface area contributed by atoms with Crippen molar-refractivity contribution in [1.82, 2.24) is 4.90 Å². The van der Waals surface area contributed by atoms with Gasteiger partial charge in [0.25, 0.3) is 0 Å². The van der Waals surface area contributed by atoms with Gasteiger partial charge in [-0.3, -0.25) is 9.69 Å². The summed E-state index contributed by atoms with van der Waals surface area (Å²) >= 11 is 3.38. The first-order valence-corrected chi connectivity index (χ1v) is 12.0. The molecular weight excluding hydrogens is 396 g/mol. The number of rotatable bonds is 8. The van der Waals surface area contributed by atoms with Gasteiger partial charge < -0.3 is 14.8 Å². The molecule has 8 heteroatoms. The van der Waals surface area contributed by atoms with Crippen LogP contribution in [0.3, 0.4) is 0 Å². The van der Waals surface area contributed by atoms with Gasteiger partial charge in [0.2, 0.25) is 5.91 Å². The molecule has 2 aliphatic rings. The normalized spacial score (nSPS) is 22.0. The monoisotopic (exact) mass is 426 g/mol. The fourth-order valence-electron chi connectivity index (χ4n) is 3.72. The van der Waals surface area contributed by atoms with Crippen LogP contribution in [0.4, 0.5) is 5.00 Å². The van der Waals surface area contributed by atoms with Crippen molar-refractivity contribution in [3.8, 4) is 0 Å². The number of ether oxygens (including phenoxy) is 2. The Kier molecular flexibility index (Phi) is 7.79. The maximum Gasteiger partial charge on any atom is 0.341 e. The number of carbonyl (C=O) groups excluding carboxylic acids is 2. The van der Waals surface area contributed by atoms with Crippen molar-refractivity contribution in [2.45, 2.75) is 52.2 Å². The van der Waals surface area contributed by atoms with Crippen LogP contribution >= 0.6 is 23.1 Å². The number of hydrogen-bond acceptors (Lipinski definition) is 7. The van der Waals surface area contributed by atoms with Crippen LogP contribution in [-0.4, -0.2) is 66.7 Å². The second-order valence-corrected chi connectivity index (χ2v) is 9.71. The van der Waals surface area contributed by atoms with Crippen LogP contribution in [-0.2, 0) is 14.3 Å². The highest BCUT2D eigenvalue weighted by Crippen LogP contribution is 2.33. The van der Waals surface area contributed by atoms with Gasteiger partial charge >= 0.3 is 5.97 Å². The van der Waals surface area contributed by atoms with Crippen LogP contribution in [0.25, 0.3) is 0 Å². The SMILES string of the molecule is CCOC(=O)c1c(NC(=O)CN(C[C@H]2CCCO2)[C@@H]2CCSC2)sc(C)c1C. The molecule has 0 radical (unpaired) electrons. The van der Waals surface area contributed by atoms with Gasteiger partial charge in [0, 0.05) is 29.8 Å². The highest BCUT2D eigenvalue weighted by molar-refractivity contribution is 7.99. The van der Waals surface area contributed by atoms with Gasteiger partial charge in [0.1, 0.15) is 5.00 Å². The highest BCUT2D eigenvalue weighted by Gasteiger charge is 2.29. The summed E-state index contributed by atoms with van der Waals surface area (Å²) in [5, 5.41) is 3.57. The molecule has 1 N–H and O–H groups in total. The minimum absolute atomic E-state index is 0.0818. The smallest absolute Gasteiger partial charge is 0.341 e. The average Bonchev–Trinajstić information content (AvgIpc) is 3.38. The Bertz CT molecular complexity index is 695. The van der Waals surface area contributed by atoms with E-state index in [2.05, 4.69) is 10.2 Å². The number of thiophene rings is 1. The number of amides is 1. The molecule has 28 heavy (non-hydrogen) atoms. The summed E-state index contributed by atoms with van der Waals surface area (Å²) in [6.07, 6.45) is 3.49. The van der Waals surface area contributed by atoms with Crippen molar-refractivity contribution in [1.29, 1.82) is 0 Å². The van der Waals surface area contributed by atoms with Crippen molar-refractivity contribution < 1.29 is 19.1 Å². The van der Waals surface area contributed by atoms with E-state index < -0.39 is 0 Å². The summed E-state index contributed by atoms with van der Waals surface area (Å²) < 4.78 is 11.0. The summed E-state index contributed by atoms with van der Waals surface area (Å²) in [7, 11) is 0. The van der Waals surface area contributed by atoms with Crippen molar-refractivity contribution in [3.63, 3.8) is 0 Å². The first-order valence-electron chi connectivity index (χ1n) is 10.00. The van der Waals surface area contributed by atoms with E-state index in [-0.39, 0.29) is 18.0 Å². The molecule has 0 spiro atoms. The third-order valence-corrected chi connectivity index (χ3v) is 7.62. The van der Waals surface area contributed by atoms with E-state index in [0.29, 0.717) is 29.8 Å². The first-order chi connectivity index (χ1) is 13.5. The molecule has 156 valence electrons. The zero-order valence-corrected chi connectivity index (χ0v) is 18.5. The first kappa shape index (κ1) is 21.6. The molecule has 3 rings (SSSR count). The lowest BCUT2D eigenvalue weighted by Crippen LogP contribution is -2.44. The molecule has 6 nitrogen and oxygen atoms in total. The van der Waals surface area contributed by atoms with E-state index in [1.54, 1.807) is 6.92 Å². The van der Waals surface area contributed by atoms with Crippen LogP contribution in [0.5, 0.6) is 0 Å².